The first kappa shape index (κ1) is 9.07. The summed E-state index contributed by atoms with van der Waals surface area (Å²) in [5.74, 6) is 0.249. The maximum Gasteiger partial charge on any atom is 0.166 e. The molecule has 0 fully saturated rings. The van der Waals surface area contributed by atoms with E-state index in [1.807, 2.05) is 24.3 Å². The van der Waals surface area contributed by atoms with E-state index < -0.39 is 0 Å². The van der Waals surface area contributed by atoms with Crippen LogP contribution in [0.4, 0.5) is 5.69 Å². The summed E-state index contributed by atoms with van der Waals surface area (Å²) in [7, 11) is 0. The number of hydrogen-bond acceptors (Lipinski definition) is 2. The molecule has 12 heavy (non-hydrogen) atoms. The largest absolute Gasteiger partial charge is 0.384 e. The molecule has 0 unspecified atom stereocenters. The van der Waals surface area contributed by atoms with Gasteiger partial charge in [0.25, 0.3) is 0 Å². The van der Waals surface area contributed by atoms with Crippen LogP contribution >= 0.6 is 12.4 Å². The van der Waals surface area contributed by atoms with Gasteiger partial charge < -0.3 is 5.32 Å². The molecule has 2 nitrogen and oxygen atoms in total. The van der Waals surface area contributed by atoms with Gasteiger partial charge in [0.2, 0.25) is 0 Å². The van der Waals surface area contributed by atoms with Gasteiger partial charge in [-0.25, -0.2) is 0 Å². The minimum atomic E-state index is 0. The second-order valence-electron chi connectivity index (χ2n) is 2.65. The lowest BCUT2D eigenvalue weighted by Gasteiger charge is -2.15. The van der Waals surface area contributed by atoms with Crippen LogP contribution in [0.5, 0.6) is 0 Å². The van der Waals surface area contributed by atoms with Crippen LogP contribution in [-0.4, -0.2) is 12.3 Å². The third-order valence-corrected chi connectivity index (χ3v) is 1.89. The number of carbonyl (C=O) groups excluding carboxylic acids is 1. The molecule has 0 bridgehead atoms. The van der Waals surface area contributed by atoms with Crippen molar-refractivity contribution in [1.82, 2.24) is 0 Å². The van der Waals surface area contributed by atoms with Gasteiger partial charge in [-0.3, -0.25) is 4.79 Å². The number of benzene rings is 1. The summed E-state index contributed by atoms with van der Waals surface area (Å²) >= 11 is 0. The zero-order valence-electron chi connectivity index (χ0n) is 6.54. The van der Waals surface area contributed by atoms with Crippen LogP contribution in [0, 0.1) is 0 Å². The first-order valence-electron chi connectivity index (χ1n) is 3.74. The Kier molecular flexibility index (Phi) is 2.71. The van der Waals surface area contributed by atoms with Crippen LogP contribution in [0.15, 0.2) is 24.3 Å². The predicted molar refractivity (Wildman–Crippen MR) is 51.1 cm³/mol. The van der Waals surface area contributed by atoms with Crippen LogP contribution in [0.2, 0.25) is 0 Å². The van der Waals surface area contributed by atoms with Gasteiger partial charge in [0.05, 0.1) is 0 Å². The third kappa shape index (κ3) is 1.43. The summed E-state index contributed by atoms with van der Waals surface area (Å²) in [4.78, 5) is 11.2. The summed E-state index contributed by atoms with van der Waals surface area (Å²) in [5, 5.41) is 3.17. The number of ketones is 1. The summed E-state index contributed by atoms with van der Waals surface area (Å²) in [6.45, 7) is 0.774. The van der Waals surface area contributed by atoms with Crippen molar-refractivity contribution in [3.8, 4) is 0 Å². The van der Waals surface area contributed by atoms with E-state index in [2.05, 4.69) is 5.32 Å². The lowest BCUT2D eigenvalue weighted by atomic mass is 10.0. The Labute approximate surface area is 77.4 Å². The van der Waals surface area contributed by atoms with Crippen molar-refractivity contribution in [3.63, 3.8) is 0 Å². The van der Waals surface area contributed by atoms with Crippen LogP contribution in [0.1, 0.15) is 16.8 Å². The van der Waals surface area contributed by atoms with Crippen LogP contribution in [-0.2, 0) is 0 Å². The van der Waals surface area contributed by atoms with Crippen molar-refractivity contribution in [2.45, 2.75) is 6.42 Å². The molecule has 1 aromatic carbocycles. The molecule has 1 heterocycles. The Hall–Kier alpha value is -1.02. The van der Waals surface area contributed by atoms with Gasteiger partial charge in [-0.2, -0.15) is 0 Å². The van der Waals surface area contributed by atoms with E-state index in [0.29, 0.717) is 6.42 Å². The molecule has 1 aliphatic rings. The Morgan fingerprint density at radius 2 is 2.00 bits per heavy atom. The number of fused-ring (bicyclic) bond motifs is 1. The van der Waals surface area contributed by atoms with Crippen LogP contribution in [0.3, 0.4) is 0 Å². The highest BCUT2D eigenvalue weighted by Crippen LogP contribution is 2.20. The van der Waals surface area contributed by atoms with Gasteiger partial charge in [0, 0.05) is 24.2 Å². The molecule has 1 aliphatic heterocycles. The van der Waals surface area contributed by atoms with E-state index in [9.17, 15) is 4.79 Å². The average Bonchev–Trinajstić information content (AvgIpc) is 2.06. The van der Waals surface area contributed by atoms with Gasteiger partial charge in [-0.1, -0.05) is 12.1 Å². The number of para-hydroxylation sites is 1. The molecule has 3 heteroatoms. The van der Waals surface area contributed by atoms with Gasteiger partial charge in [0.1, 0.15) is 0 Å². The van der Waals surface area contributed by atoms with Crippen molar-refractivity contribution in [1.29, 1.82) is 0 Å². The summed E-state index contributed by atoms with van der Waals surface area (Å²) in [6, 6.07) is 7.63. The molecular formula is C9H10ClNO. The maximum absolute atomic E-state index is 11.2. The number of halogens is 1. The first-order chi connectivity index (χ1) is 5.38. The lowest BCUT2D eigenvalue weighted by molar-refractivity contribution is 0.0984. The smallest absolute Gasteiger partial charge is 0.166 e. The van der Waals surface area contributed by atoms with E-state index in [1.54, 1.807) is 0 Å². The Bertz CT molecular complexity index is 298. The molecule has 64 valence electrons. The number of rotatable bonds is 0. The molecule has 0 atom stereocenters. The lowest BCUT2D eigenvalue weighted by Crippen LogP contribution is -2.17. The highest BCUT2D eigenvalue weighted by molar-refractivity contribution is 6.02. The van der Waals surface area contributed by atoms with Gasteiger partial charge in [-0.05, 0) is 12.1 Å². The number of carbonyl (C=O) groups is 1. The van der Waals surface area contributed by atoms with Crippen LogP contribution in [0.25, 0.3) is 0 Å². The molecule has 0 saturated carbocycles. The van der Waals surface area contributed by atoms with Crippen molar-refractivity contribution < 1.29 is 4.79 Å². The Balaban J connectivity index is 0.000000720. The van der Waals surface area contributed by atoms with Crippen molar-refractivity contribution in [3.05, 3.63) is 29.8 Å². The highest BCUT2D eigenvalue weighted by atomic mass is 35.5. The topological polar surface area (TPSA) is 29.1 Å². The minimum absolute atomic E-state index is 0. The normalized spacial score (nSPS) is 14.2. The van der Waals surface area contributed by atoms with Crippen LogP contribution < -0.4 is 5.32 Å². The zero-order chi connectivity index (χ0) is 7.68. The molecule has 0 aliphatic carbocycles. The first-order valence-corrected chi connectivity index (χ1v) is 3.74. The third-order valence-electron chi connectivity index (χ3n) is 1.89. The number of anilines is 1. The molecule has 0 aromatic heterocycles. The number of hydrogen-bond donors (Lipinski definition) is 1. The maximum atomic E-state index is 11.2. The monoisotopic (exact) mass is 183 g/mol. The fourth-order valence-corrected chi connectivity index (χ4v) is 1.33. The Morgan fingerprint density at radius 3 is 2.75 bits per heavy atom. The van der Waals surface area contributed by atoms with Gasteiger partial charge >= 0.3 is 0 Å². The van der Waals surface area contributed by atoms with Gasteiger partial charge in [-0.15, -0.1) is 12.4 Å². The molecule has 0 saturated heterocycles. The van der Waals surface area contributed by atoms with Gasteiger partial charge in [0.15, 0.2) is 5.78 Å². The zero-order valence-corrected chi connectivity index (χ0v) is 7.36. The average molecular weight is 184 g/mol. The van der Waals surface area contributed by atoms with E-state index in [0.717, 1.165) is 17.8 Å². The SMILES string of the molecule is Cl.O=C1CCNc2ccccc21. The summed E-state index contributed by atoms with van der Waals surface area (Å²) in [6.07, 6.45) is 0.622. The van der Waals surface area contributed by atoms with E-state index in [4.69, 9.17) is 0 Å². The quantitative estimate of drug-likeness (QED) is 0.668. The highest BCUT2D eigenvalue weighted by Gasteiger charge is 2.14. The number of Topliss-reactive ketones (excluding diaryl/α,β-unsaturated/α-hetero) is 1. The molecule has 0 radical (unpaired) electrons. The molecule has 1 aromatic rings. The molecule has 1 N–H and O–H groups in total. The summed E-state index contributed by atoms with van der Waals surface area (Å²) in [5.41, 5.74) is 1.81. The standard InChI is InChI=1S/C9H9NO.ClH/c11-9-5-6-10-8-4-2-1-3-7(8)9;/h1-4,10H,5-6H2;1H. The molecule has 2 rings (SSSR count). The fraction of sp³-hybridized carbons (Fsp3) is 0.222. The Morgan fingerprint density at radius 1 is 1.25 bits per heavy atom. The second-order valence-corrected chi connectivity index (χ2v) is 2.65. The van der Waals surface area contributed by atoms with E-state index in [-0.39, 0.29) is 18.2 Å². The van der Waals surface area contributed by atoms with Crippen molar-refractivity contribution in [2.75, 3.05) is 11.9 Å². The molecular weight excluding hydrogens is 174 g/mol. The van der Waals surface area contributed by atoms with E-state index >= 15 is 0 Å². The van der Waals surface area contributed by atoms with E-state index in [1.165, 1.54) is 0 Å². The summed E-state index contributed by atoms with van der Waals surface area (Å²) < 4.78 is 0. The number of nitrogens with one attached hydrogen (secondary N) is 1. The predicted octanol–water partition coefficient (Wildman–Crippen LogP) is 2.11. The second kappa shape index (κ2) is 3.59. The fourth-order valence-electron chi connectivity index (χ4n) is 1.33. The molecule has 0 spiro atoms. The molecule has 0 amide bonds. The minimum Gasteiger partial charge on any atom is -0.384 e. The van der Waals surface area contributed by atoms with Crippen molar-refractivity contribution >= 4 is 23.9 Å². The van der Waals surface area contributed by atoms with Crippen molar-refractivity contribution in [2.24, 2.45) is 0 Å².